The SMILES string of the molecule is CN(CC(N)=O)c1ccnc2c(Br)cccc12. The van der Waals surface area contributed by atoms with Crippen molar-refractivity contribution in [2.24, 2.45) is 5.73 Å². The molecule has 0 fully saturated rings. The van der Waals surface area contributed by atoms with Gasteiger partial charge in [-0.1, -0.05) is 12.1 Å². The van der Waals surface area contributed by atoms with Gasteiger partial charge in [-0.05, 0) is 28.1 Å². The average Bonchev–Trinajstić information content (AvgIpc) is 2.28. The van der Waals surface area contributed by atoms with E-state index in [1.54, 1.807) is 6.20 Å². The van der Waals surface area contributed by atoms with Gasteiger partial charge in [0.15, 0.2) is 0 Å². The number of rotatable bonds is 3. The highest BCUT2D eigenvalue weighted by Crippen LogP contribution is 2.28. The predicted molar refractivity (Wildman–Crippen MR) is 71.9 cm³/mol. The third-order valence-electron chi connectivity index (χ3n) is 2.50. The fourth-order valence-corrected chi connectivity index (χ4v) is 2.25. The average molecular weight is 294 g/mol. The Kier molecular flexibility index (Phi) is 3.28. The second-order valence-electron chi connectivity index (χ2n) is 3.79. The molecule has 2 N–H and O–H groups in total. The van der Waals surface area contributed by atoms with E-state index in [0.29, 0.717) is 0 Å². The lowest BCUT2D eigenvalue weighted by Crippen LogP contribution is -2.30. The highest BCUT2D eigenvalue weighted by atomic mass is 79.9. The maximum atomic E-state index is 10.9. The summed E-state index contributed by atoms with van der Waals surface area (Å²) in [5.74, 6) is -0.354. The molecule has 0 aliphatic rings. The van der Waals surface area contributed by atoms with E-state index in [-0.39, 0.29) is 12.5 Å². The lowest BCUT2D eigenvalue weighted by Gasteiger charge is -2.19. The van der Waals surface area contributed by atoms with Crippen molar-refractivity contribution >= 4 is 38.4 Å². The Morgan fingerprint density at radius 3 is 2.94 bits per heavy atom. The standard InChI is InChI=1S/C12H12BrN3O/c1-16(7-11(14)17)10-5-6-15-12-8(10)3-2-4-9(12)13/h2-6H,7H2,1H3,(H2,14,17). The van der Waals surface area contributed by atoms with Crippen molar-refractivity contribution in [3.63, 3.8) is 0 Å². The number of carbonyl (C=O) groups excluding carboxylic acids is 1. The number of hydrogen-bond acceptors (Lipinski definition) is 3. The first-order valence-electron chi connectivity index (χ1n) is 5.12. The first-order valence-corrected chi connectivity index (χ1v) is 5.91. The molecule has 0 aliphatic heterocycles. The topological polar surface area (TPSA) is 59.2 Å². The minimum Gasteiger partial charge on any atom is -0.368 e. The molecule has 0 atom stereocenters. The molecule has 0 bridgehead atoms. The Balaban J connectivity index is 2.54. The molecule has 1 heterocycles. The molecule has 0 aliphatic carbocycles. The molecule has 1 aromatic carbocycles. The lowest BCUT2D eigenvalue weighted by atomic mass is 10.2. The molecule has 1 amide bonds. The molecular weight excluding hydrogens is 282 g/mol. The second-order valence-corrected chi connectivity index (χ2v) is 4.64. The van der Waals surface area contributed by atoms with Gasteiger partial charge in [0, 0.05) is 28.8 Å². The number of likely N-dealkylation sites (N-methyl/N-ethyl adjacent to an activating group) is 1. The Morgan fingerprint density at radius 1 is 1.47 bits per heavy atom. The lowest BCUT2D eigenvalue weighted by molar-refractivity contribution is -0.116. The van der Waals surface area contributed by atoms with Crippen LogP contribution in [0.4, 0.5) is 5.69 Å². The molecular formula is C12H12BrN3O. The summed E-state index contributed by atoms with van der Waals surface area (Å²) in [6.45, 7) is 0.186. The summed E-state index contributed by atoms with van der Waals surface area (Å²) < 4.78 is 0.935. The van der Waals surface area contributed by atoms with Crippen molar-refractivity contribution in [2.45, 2.75) is 0 Å². The summed E-state index contributed by atoms with van der Waals surface area (Å²) in [6, 6.07) is 7.72. The van der Waals surface area contributed by atoms with Gasteiger partial charge in [-0.25, -0.2) is 0 Å². The van der Waals surface area contributed by atoms with Crippen LogP contribution in [-0.4, -0.2) is 24.5 Å². The van der Waals surface area contributed by atoms with Gasteiger partial charge in [-0.15, -0.1) is 0 Å². The number of carbonyl (C=O) groups is 1. The third-order valence-corrected chi connectivity index (χ3v) is 3.14. The summed E-state index contributed by atoms with van der Waals surface area (Å²) in [4.78, 5) is 17.1. The van der Waals surface area contributed by atoms with Gasteiger partial charge in [-0.3, -0.25) is 9.78 Å². The molecule has 0 saturated heterocycles. The highest BCUT2D eigenvalue weighted by Gasteiger charge is 2.09. The molecule has 0 saturated carbocycles. The third kappa shape index (κ3) is 2.39. The van der Waals surface area contributed by atoms with Crippen molar-refractivity contribution < 1.29 is 4.79 Å². The van der Waals surface area contributed by atoms with Gasteiger partial charge < -0.3 is 10.6 Å². The minimum atomic E-state index is -0.354. The molecule has 1 aromatic heterocycles. The van der Waals surface area contributed by atoms with E-state index in [9.17, 15) is 4.79 Å². The van der Waals surface area contributed by atoms with Crippen molar-refractivity contribution in [3.05, 3.63) is 34.9 Å². The van der Waals surface area contributed by atoms with E-state index in [1.807, 2.05) is 36.2 Å². The maximum Gasteiger partial charge on any atom is 0.236 e. The molecule has 2 aromatic rings. The van der Waals surface area contributed by atoms with E-state index in [1.165, 1.54) is 0 Å². The number of fused-ring (bicyclic) bond motifs is 1. The second kappa shape index (κ2) is 4.71. The van der Waals surface area contributed by atoms with Crippen LogP contribution in [-0.2, 0) is 4.79 Å². The minimum absolute atomic E-state index is 0.186. The molecule has 0 unspecified atom stereocenters. The smallest absolute Gasteiger partial charge is 0.236 e. The zero-order chi connectivity index (χ0) is 12.4. The number of hydrogen-bond donors (Lipinski definition) is 1. The van der Waals surface area contributed by atoms with Crippen LogP contribution < -0.4 is 10.6 Å². The molecule has 2 rings (SSSR count). The number of anilines is 1. The van der Waals surface area contributed by atoms with Crippen LogP contribution in [0, 0.1) is 0 Å². The summed E-state index contributed by atoms with van der Waals surface area (Å²) in [5, 5.41) is 0.991. The van der Waals surface area contributed by atoms with Crippen molar-refractivity contribution in [1.29, 1.82) is 0 Å². The molecule has 0 spiro atoms. The largest absolute Gasteiger partial charge is 0.368 e. The Labute approximate surface area is 108 Å². The Morgan fingerprint density at radius 2 is 2.24 bits per heavy atom. The Hall–Kier alpha value is -1.62. The van der Waals surface area contributed by atoms with Crippen LogP contribution in [0.3, 0.4) is 0 Å². The van der Waals surface area contributed by atoms with Gasteiger partial charge >= 0.3 is 0 Å². The van der Waals surface area contributed by atoms with Crippen LogP contribution in [0.2, 0.25) is 0 Å². The number of benzene rings is 1. The van der Waals surface area contributed by atoms with Crippen LogP contribution in [0.25, 0.3) is 10.9 Å². The van der Waals surface area contributed by atoms with Crippen LogP contribution in [0.1, 0.15) is 0 Å². The van der Waals surface area contributed by atoms with Crippen LogP contribution in [0.5, 0.6) is 0 Å². The first kappa shape index (κ1) is 11.9. The Bertz CT molecular complexity index is 571. The number of aromatic nitrogens is 1. The van der Waals surface area contributed by atoms with Crippen LogP contribution in [0.15, 0.2) is 34.9 Å². The van der Waals surface area contributed by atoms with Gasteiger partial charge in [0.05, 0.1) is 12.1 Å². The van der Waals surface area contributed by atoms with E-state index in [0.717, 1.165) is 21.1 Å². The summed E-state index contributed by atoms with van der Waals surface area (Å²) >= 11 is 3.46. The van der Waals surface area contributed by atoms with Gasteiger partial charge in [0.2, 0.25) is 5.91 Å². The van der Waals surface area contributed by atoms with E-state index in [4.69, 9.17) is 5.73 Å². The number of pyridine rings is 1. The van der Waals surface area contributed by atoms with Crippen LogP contribution >= 0.6 is 15.9 Å². The predicted octanol–water partition coefficient (Wildman–Crippen LogP) is 1.92. The number of halogens is 1. The zero-order valence-corrected chi connectivity index (χ0v) is 10.9. The number of amides is 1. The maximum absolute atomic E-state index is 10.9. The van der Waals surface area contributed by atoms with Crippen molar-refractivity contribution in [1.82, 2.24) is 4.98 Å². The normalized spacial score (nSPS) is 10.5. The number of nitrogens with two attached hydrogens (primary N) is 1. The molecule has 5 heteroatoms. The zero-order valence-electron chi connectivity index (χ0n) is 9.35. The van der Waals surface area contributed by atoms with Gasteiger partial charge in [-0.2, -0.15) is 0 Å². The van der Waals surface area contributed by atoms with E-state index < -0.39 is 0 Å². The fraction of sp³-hybridized carbons (Fsp3) is 0.167. The van der Waals surface area contributed by atoms with Gasteiger partial charge in [0.25, 0.3) is 0 Å². The molecule has 4 nitrogen and oxygen atoms in total. The fourth-order valence-electron chi connectivity index (χ4n) is 1.78. The van der Waals surface area contributed by atoms with Crippen molar-refractivity contribution in [2.75, 3.05) is 18.5 Å². The number of nitrogens with zero attached hydrogens (tertiary/aromatic N) is 2. The van der Waals surface area contributed by atoms with E-state index >= 15 is 0 Å². The quantitative estimate of drug-likeness (QED) is 0.941. The monoisotopic (exact) mass is 293 g/mol. The number of para-hydroxylation sites is 1. The van der Waals surface area contributed by atoms with Crippen molar-refractivity contribution in [3.8, 4) is 0 Å². The summed E-state index contributed by atoms with van der Waals surface area (Å²) in [6.07, 6.45) is 1.72. The van der Waals surface area contributed by atoms with E-state index in [2.05, 4.69) is 20.9 Å². The molecule has 0 radical (unpaired) electrons. The number of primary amides is 1. The summed E-state index contributed by atoms with van der Waals surface area (Å²) in [7, 11) is 1.83. The molecule has 17 heavy (non-hydrogen) atoms. The molecule has 88 valence electrons. The van der Waals surface area contributed by atoms with Gasteiger partial charge in [0.1, 0.15) is 0 Å². The summed E-state index contributed by atoms with van der Waals surface area (Å²) in [5.41, 5.74) is 7.02. The first-order chi connectivity index (χ1) is 8.09. The highest BCUT2D eigenvalue weighted by molar-refractivity contribution is 9.10.